The van der Waals surface area contributed by atoms with Crippen LogP contribution < -0.4 is 0 Å². The third kappa shape index (κ3) is 3.10. The van der Waals surface area contributed by atoms with Gasteiger partial charge in [0.05, 0.1) is 11.6 Å². The van der Waals surface area contributed by atoms with Gasteiger partial charge >= 0.3 is 0 Å². The molecule has 0 saturated heterocycles. The quantitative estimate of drug-likeness (QED) is 0.532. The van der Waals surface area contributed by atoms with Crippen LogP contribution in [0.25, 0.3) is 6.08 Å². The van der Waals surface area contributed by atoms with Crippen molar-refractivity contribution >= 4 is 22.9 Å². The second-order valence-corrected chi connectivity index (χ2v) is 2.75. The summed E-state index contributed by atoms with van der Waals surface area (Å²) in [7, 11) is 0. The molecule has 0 heterocycles. The number of nitriles is 1. The fourth-order valence-corrected chi connectivity index (χ4v) is 0.937. The van der Waals surface area contributed by atoms with Crippen LogP contribution in [0.2, 0.25) is 0 Å². The fourth-order valence-electron chi connectivity index (χ4n) is 0.874. The van der Waals surface area contributed by atoms with E-state index in [1.54, 1.807) is 30.3 Å². The van der Waals surface area contributed by atoms with Gasteiger partial charge in [-0.05, 0) is 35.4 Å². The smallest absolute Gasteiger partial charge is 0.245 e. The van der Waals surface area contributed by atoms with Gasteiger partial charge in [0.25, 0.3) is 0 Å². The zero-order chi connectivity index (χ0) is 9.68. The van der Waals surface area contributed by atoms with Gasteiger partial charge in [0, 0.05) is 0 Å². The number of halogens is 1. The second kappa shape index (κ2) is 4.44. The third-order valence-corrected chi connectivity index (χ3v) is 1.55. The molecule has 0 fully saturated rings. The molecule has 0 atom stereocenters. The van der Waals surface area contributed by atoms with Gasteiger partial charge in [0.2, 0.25) is 5.24 Å². The van der Waals surface area contributed by atoms with Gasteiger partial charge in [0.15, 0.2) is 0 Å². The molecule has 0 aliphatic carbocycles. The summed E-state index contributed by atoms with van der Waals surface area (Å²) in [6.07, 6.45) is 2.81. The zero-order valence-electron chi connectivity index (χ0n) is 6.70. The number of carbonyl (C=O) groups excluding carboxylic acids is 1. The minimum atomic E-state index is -0.526. The van der Waals surface area contributed by atoms with Crippen LogP contribution in [0.3, 0.4) is 0 Å². The van der Waals surface area contributed by atoms with E-state index in [9.17, 15) is 4.79 Å². The van der Waals surface area contributed by atoms with Crippen LogP contribution in [0, 0.1) is 11.3 Å². The number of benzene rings is 1. The average molecular weight is 192 g/mol. The van der Waals surface area contributed by atoms with Crippen molar-refractivity contribution in [3.63, 3.8) is 0 Å². The molecule has 0 unspecified atom stereocenters. The Hall–Kier alpha value is -1.59. The van der Waals surface area contributed by atoms with Crippen molar-refractivity contribution in [2.45, 2.75) is 0 Å². The Bertz CT molecular complexity index is 390. The van der Waals surface area contributed by atoms with Crippen LogP contribution in [0.15, 0.2) is 30.3 Å². The molecule has 0 bridgehead atoms. The Morgan fingerprint density at radius 2 is 2.31 bits per heavy atom. The number of hydrogen-bond donors (Lipinski definition) is 0. The van der Waals surface area contributed by atoms with Crippen LogP contribution in [-0.2, 0) is 4.79 Å². The fraction of sp³-hybridized carbons (Fsp3) is 0. The molecular formula is C10H6ClNO. The average Bonchev–Trinajstić information content (AvgIpc) is 2.15. The highest BCUT2D eigenvalue weighted by atomic mass is 35.5. The minimum Gasteiger partial charge on any atom is -0.276 e. The molecule has 64 valence electrons. The summed E-state index contributed by atoms with van der Waals surface area (Å²) in [6, 6.07) is 8.91. The van der Waals surface area contributed by atoms with Gasteiger partial charge in [-0.1, -0.05) is 18.2 Å². The SMILES string of the molecule is N#Cc1cccc(/C=C/C(=O)Cl)c1. The highest BCUT2D eigenvalue weighted by Gasteiger charge is 1.91. The molecule has 3 heteroatoms. The molecule has 0 radical (unpaired) electrons. The van der Waals surface area contributed by atoms with Crippen molar-refractivity contribution in [1.29, 1.82) is 5.26 Å². The van der Waals surface area contributed by atoms with Crippen molar-refractivity contribution in [2.24, 2.45) is 0 Å². The third-order valence-electron chi connectivity index (χ3n) is 1.42. The van der Waals surface area contributed by atoms with Crippen molar-refractivity contribution < 1.29 is 4.79 Å². The molecule has 0 N–H and O–H groups in total. The number of carbonyl (C=O) groups is 1. The van der Waals surface area contributed by atoms with Gasteiger partial charge in [-0.3, -0.25) is 4.79 Å². The second-order valence-electron chi connectivity index (χ2n) is 2.37. The lowest BCUT2D eigenvalue weighted by atomic mass is 10.1. The molecule has 13 heavy (non-hydrogen) atoms. The maximum absolute atomic E-state index is 10.4. The maximum atomic E-state index is 10.4. The van der Waals surface area contributed by atoms with E-state index >= 15 is 0 Å². The Labute approximate surface area is 81.1 Å². The number of rotatable bonds is 2. The Balaban J connectivity index is 2.91. The molecule has 0 aliphatic heterocycles. The lowest BCUT2D eigenvalue weighted by Crippen LogP contribution is -1.78. The van der Waals surface area contributed by atoms with Crippen molar-refractivity contribution in [1.82, 2.24) is 0 Å². The first-order valence-electron chi connectivity index (χ1n) is 3.60. The van der Waals surface area contributed by atoms with Crippen LogP contribution in [0.1, 0.15) is 11.1 Å². The molecule has 1 aromatic carbocycles. The molecular weight excluding hydrogens is 186 g/mol. The molecule has 1 rings (SSSR count). The summed E-state index contributed by atoms with van der Waals surface area (Å²) >= 11 is 5.11. The zero-order valence-corrected chi connectivity index (χ0v) is 7.45. The van der Waals surface area contributed by atoms with Crippen LogP contribution in [0.5, 0.6) is 0 Å². The maximum Gasteiger partial charge on any atom is 0.245 e. The number of allylic oxidation sites excluding steroid dienone is 1. The van der Waals surface area contributed by atoms with E-state index in [1.165, 1.54) is 6.08 Å². The van der Waals surface area contributed by atoms with E-state index in [1.807, 2.05) is 6.07 Å². The van der Waals surface area contributed by atoms with E-state index in [0.29, 0.717) is 5.56 Å². The minimum absolute atomic E-state index is 0.526. The van der Waals surface area contributed by atoms with Crippen LogP contribution >= 0.6 is 11.6 Å². The lowest BCUT2D eigenvalue weighted by molar-refractivity contribution is -0.107. The predicted octanol–water partition coefficient (Wildman–Crippen LogP) is 2.34. The van der Waals surface area contributed by atoms with Crippen molar-refractivity contribution in [3.8, 4) is 6.07 Å². The topological polar surface area (TPSA) is 40.9 Å². The monoisotopic (exact) mass is 191 g/mol. The summed E-state index contributed by atoms with van der Waals surface area (Å²) < 4.78 is 0. The first-order valence-corrected chi connectivity index (χ1v) is 3.98. The highest BCUT2D eigenvalue weighted by molar-refractivity contribution is 6.66. The normalized spacial score (nSPS) is 9.85. The molecule has 0 amide bonds. The first-order chi connectivity index (χ1) is 6.22. The van der Waals surface area contributed by atoms with Crippen molar-refractivity contribution in [3.05, 3.63) is 41.5 Å². The van der Waals surface area contributed by atoms with Crippen LogP contribution in [0.4, 0.5) is 0 Å². The van der Waals surface area contributed by atoms with Gasteiger partial charge in [-0.15, -0.1) is 0 Å². The van der Waals surface area contributed by atoms with Gasteiger partial charge in [-0.25, -0.2) is 0 Å². The predicted molar refractivity (Wildman–Crippen MR) is 51.1 cm³/mol. The molecule has 0 aliphatic rings. The largest absolute Gasteiger partial charge is 0.276 e. The van der Waals surface area contributed by atoms with Crippen LogP contribution in [-0.4, -0.2) is 5.24 Å². The van der Waals surface area contributed by atoms with Gasteiger partial charge in [-0.2, -0.15) is 5.26 Å². The molecule has 0 aromatic heterocycles. The molecule has 0 saturated carbocycles. The van der Waals surface area contributed by atoms with Gasteiger partial charge < -0.3 is 0 Å². The number of nitrogens with zero attached hydrogens (tertiary/aromatic N) is 1. The first kappa shape index (κ1) is 9.50. The highest BCUT2D eigenvalue weighted by Crippen LogP contribution is 2.06. The van der Waals surface area contributed by atoms with E-state index in [0.717, 1.165) is 5.56 Å². The lowest BCUT2D eigenvalue weighted by Gasteiger charge is -1.91. The number of hydrogen-bond acceptors (Lipinski definition) is 2. The van der Waals surface area contributed by atoms with E-state index in [4.69, 9.17) is 16.9 Å². The van der Waals surface area contributed by atoms with E-state index in [2.05, 4.69) is 0 Å². The summed E-state index contributed by atoms with van der Waals surface area (Å²) in [5, 5.41) is 8.05. The molecule has 1 aromatic rings. The van der Waals surface area contributed by atoms with E-state index < -0.39 is 5.24 Å². The van der Waals surface area contributed by atoms with E-state index in [-0.39, 0.29) is 0 Å². The summed E-state index contributed by atoms with van der Waals surface area (Å²) in [5.74, 6) is 0. The summed E-state index contributed by atoms with van der Waals surface area (Å²) in [4.78, 5) is 10.4. The van der Waals surface area contributed by atoms with Gasteiger partial charge in [0.1, 0.15) is 0 Å². The standard InChI is InChI=1S/C10H6ClNO/c11-10(13)5-4-8-2-1-3-9(6-8)7-12/h1-6H/b5-4+. The summed E-state index contributed by atoms with van der Waals surface area (Å²) in [6.45, 7) is 0. The summed E-state index contributed by atoms with van der Waals surface area (Å²) in [5.41, 5.74) is 1.34. The Morgan fingerprint density at radius 3 is 2.92 bits per heavy atom. The van der Waals surface area contributed by atoms with Crippen molar-refractivity contribution in [2.75, 3.05) is 0 Å². The molecule has 2 nitrogen and oxygen atoms in total. The Morgan fingerprint density at radius 1 is 1.54 bits per heavy atom. The Kier molecular flexibility index (Phi) is 3.24. The molecule has 0 spiro atoms.